The van der Waals surface area contributed by atoms with Gasteiger partial charge < -0.3 is 4.90 Å². The quantitative estimate of drug-likeness (QED) is 0.712. The third kappa shape index (κ3) is 3.33. The third-order valence-electron chi connectivity index (χ3n) is 4.73. The Bertz CT molecular complexity index is 1140. The lowest BCUT2D eigenvalue weighted by molar-refractivity contribution is -0.117. The van der Waals surface area contributed by atoms with Crippen LogP contribution in [0.15, 0.2) is 47.5 Å². The van der Waals surface area contributed by atoms with Crippen LogP contribution in [0.1, 0.15) is 38.4 Å². The zero-order valence-electron chi connectivity index (χ0n) is 15.7. The van der Waals surface area contributed by atoms with Gasteiger partial charge in [0.15, 0.2) is 5.65 Å². The predicted molar refractivity (Wildman–Crippen MR) is 106 cm³/mol. The summed E-state index contributed by atoms with van der Waals surface area (Å²) in [5.74, 6) is 0.982. The van der Waals surface area contributed by atoms with Crippen LogP contribution >= 0.6 is 0 Å². The average molecular weight is 399 g/mol. The number of anilines is 2. The van der Waals surface area contributed by atoms with Crippen molar-refractivity contribution in [3.8, 4) is 0 Å². The van der Waals surface area contributed by atoms with Gasteiger partial charge in [0.2, 0.25) is 5.91 Å². The van der Waals surface area contributed by atoms with Crippen molar-refractivity contribution in [2.45, 2.75) is 37.5 Å². The number of hydrogen-bond donors (Lipinski definition) is 1. The molecule has 1 saturated heterocycles. The van der Waals surface area contributed by atoms with Crippen molar-refractivity contribution in [3.05, 3.63) is 48.4 Å². The van der Waals surface area contributed by atoms with Crippen LogP contribution in [0.2, 0.25) is 0 Å². The Kier molecular flexibility index (Phi) is 4.54. The number of carbonyl (C=O) groups is 1. The fourth-order valence-corrected chi connectivity index (χ4v) is 4.35. The predicted octanol–water partition coefficient (Wildman–Crippen LogP) is 2.78. The molecule has 0 bridgehead atoms. The van der Waals surface area contributed by atoms with Crippen LogP contribution in [-0.2, 0) is 14.8 Å². The van der Waals surface area contributed by atoms with Gasteiger partial charge in [0.25, 0.3) is 10.0 Å². The minimum atomic E-state index is -3.76. The molecule has 0 unspecified atom stereocenters. The normalized spacial score (nSPS) is 15.0. The van der Waals surface area contributed by atoms with Gasteiger partial charge >= 0.3 is 0 Å². The number of aromatic nitrogens is 3. The van der Waals surface area contributed by atoms with Gasteiger partial charge in [-0.2, -0.15) is 0 Å². The van der Waals surface area contributed by atoms with Crippen LogP contribution in [0.5, 0.6) is 0 Å². The van der Waals surface area contributed by atoms with Crippen molar-refractivity contribution < 1.29 is 13.2 Å². The number of amides is 1. The summed E-state index contributed by atoms with van der Waals surface area (Å²) in [6.45, 7) is 4.67. The van der Waals surface area contributed by atoms with E-state index in [1.54, 1.807) is 39.8 Å². The molecule has 146 valence electrons. The number of nitrogens with one attached hydrogen (secondary N) is 1. The van der Waals surface area contributed by atoms with Crippen LogP contribution in [-0.4, -0.2) is 35.5 Å². The first-order valence-electron chi connectivity index (χ1n) is 9.13. The number of benzene rings is 1. The molecule has 0 spiro atoms. The largest absolute Gasteiger partial charge is 0.312 e. The van der Waals surface area contributed by atoms with E-state index in [-0.39, 0.29) is 16.7 Å². The molecular weight excluding hydrogens is 378 g/mol. The molecule has 3 aromatic rings. The smallest absolute Gasteiger partial charge is 0.261 e. The minimum absolute atomic E-state index is 0.0666. The Balaban J connectivity index is 1.59. The average Bonchev–Trinajstić information content (AvgIpc) is 3.27. The number of fused-ring (bicyclic) bond motifs is 1. The highest BCUT2D eigenvalue weighted by Crippen LogP contribution is 2.24. The van der Waals surface area contributed by atoms with Crippen LogP contribution in [0, 0.1) is 0 Å². The molecule has 4 rings (SSSR count). The maximum atomic E-state index is 12.8. The molecule has 1 N–H and O–H groups in total. The standard InChI is InChI=1S/C19H21N5O3S/c1-13(2)19-21-20-17-10-5-14(12-24(17)19)22-28(26,27)16-8-6-15(7-9-16)23-11-3-4-18(23)25/h5-10,12-13,22H,3-4,11H2,1-2H3. The van der Waals surface area contributed by atoms with Crippen molar-refractivity contribution >= 4 is 33.0 Å². The second kappa shape index (κ2) is 6.90. The van der Waals surface area contributed by atoms with Gasteiger partial charge in [0.1, 0.15) is 5.82 Å². The van der Waals surface area contributed by atoms with Gasteiger partial charge in [-0.3, -0.25) is 13.9 Å². The first kappa shape index (κ1) is 18.4. The van der Waals surface area contributed by atoms with Gasteiger partial charge in [-0.05, 0) is 42.8 Å². The molecule has 3 heterocycles. The Morgan fingerprint density at radius 3 is 2.46 bits per heavy atom. The Morgan fingerprint density at radius 2 is 1.82 bits per heavy atom. The van der Waals surface area contributed by atoms with Crippen LogP contribution in [0.3, 0.4) is 0 Å². The molecule has 9 heteroatoms. The fourth-order valence-electron chi connectivity index (χ4n) is 3.30. The summed E-state index contributed by atoms with van der Waals surface area (Å²) in [5, 5.41) is 8.24. The summed E-state index contributed by atoms with van der Waals surface area (Å²) in [7, 11) is -3.76. The maximum absolute atomic E-state index is 12.8. The molecule has 1 aromatic carbocycles. The molecule has 1 fully saturated rings. The molecule has 8 nitrogen and oxygen atoms in total. The van der Waals surface area contributed by atoms with Crippen molar-refractivity contribution in [3.63, 3.8) is 0 Å². The summed E-state index contributed by atoms with van der Waals surface area (Å²) in [6, 6.07) is 9.73. The zero-order chi connectivity index (χ0) is 19.9. The Labute approximate surface area is 163 Å². The van der Waals surface area contributed by atoms with E-state index in [9.17, 15) is 13.2 Å². The first-order valence-corrected chi connectivity index (χ1v) is 10.6. The number of sulfonamides is 1. The van der Waals surface area contributed by atoms with E-state index in [1.807, 2.05) is 13.8 Å². The SMILES string of the molecule is CC(C)c1nnc2ccc(NS(=O)(=O)c3ccc(N4CCCC4=O)cc3)cn12. The number of rotatable bonds is 5. The van der Waals surface area contributed by atoms with Gasteiger partial charge in [-0.15, -0.1) is 10.2 Å². The van der Waals surface area contributed by atoms with E-state index < -0.39 is 10.0 Å². The zero-order valence-corrected chi connectivity index (χ0v) is 16.5. The number of hydrogen-bond acceptors (Lipinski definition) is 5. The van der Waals surface area contributed by atoms with Crippen LogP contribution < -0.4 is 9.62 Å². The molecule has 1 aliphatic heterocycles. The summed E-state index contributed by atoms with van der Waals surface area (Å²) in [5.41, 5.74) is 1.80. The molecule has 2 aromatic heterocycles. The van der Waals surface area contributed by atoms with E-state index in [0.717, 1.165) is 12.2 Å². The monoisotopic (exact) mass is 399 g/mol. The van der Waals surface area contributed by atoms with Crippen LogP contribution in [0.25, 0.3) is 5.65 Å². The highest BCUT2D eigenvalue weighted by atomic mass is 32.2. The van der Waals surface area contributed by atoms with Gasteiger partial charge in [-0.25, -0.2) is 8.42 Å². The van der Waals surface area contributed by atoms with E-state index in [2.05, 4.69) is 14.9 Å². The van der Waals surface area contributed by atoms with Crippen molar-refractivity contribution in [1.82, 2.24) is 14.6 Å². The van der Waals surface area contributed by atoms with E-state index in [4.69, 9.17) is 0 Å². The Hall–Kier alpha value is -2.94. The minimum Gasteiger partial charge on any atom is -0.312 e. The van der Waals surface area contributed by atoms with E-state index in [0.29, 0.717) is 30.0 Å². The van der Waals surface area contributed by atoms with Gasteiger partial charge in [0.05, 0.1) is 10.6 Å². The second-order valence-electron chi connectivity index (χ2n) is 7.11. The number of pyridine rings is 1. The molecule has 0 saturated carbocycles. The molecule has 0 radical (unpaired) electrons. The fraction of sp³-hybridized carbons (Fsp3) is 0.316. The second-order valence-corrected chi connectivity index (χ2v) is 8.79. The van der Waals surface area contributed by atoms with Crippen molar-refractivity contribution in [2.75, 3.05) is 16.2 Å². The van der Waals surface area contributed by atoms with Crippen LogP contribution in [0.4, 0.5) is 11.4 Å². The maximum Gasteiger partial charge on any atom is 0.261 e. The molecular formula is C19H21N5O3S. The first-order chi connectivity index (χ1) is 13.3. The summed E-state index contributed by atoms with van der Waals surface area (Å²) in [4.78, 5) is 13.7. The molecule has 0 aliphatic carbocycles. The third-order valence-corrected chi connectivity index (χ3v) is 6.13. The molecule has 1 amide bonds. The lowest BCUT2D eigenvalue weighted by Gasteiger charge is -2.16. The molecule has 1 aliphatic rings. The van der Waals surface area contributed by atoms with Crippen molar-refractivity contribution in [1.29, 1.82) is 0 Å². The lowest BCUT2D eigenvalue weighted by atomic mass is 10.2. The molecule has 28 heavy (non-hydrogen) atoms. The number of nitrogens with zero attached hydrogens (tertiary/aromatic N) is 4. The summed E-state index contributed by atoms with van der Waals surface area (Å²) in [6.07, 6.45) is 3.04. The van der Waals surface area contributed by atoms with Crippen molar-refractivity contribution in [2.24, 2.45) is 0 Å². The summed E-state index contributed by atoms with van der Waals surface area (Å²) < 4.78 is 29.9. The van der Waals surface area contributed by atoms with E-state index >= 15 is 0 Å². The summed E-state index contributed by atoms with van der Waals surface area (Å²) >= 11 is 0. The topological polar surface area (TPSA) is 96.7 Å². The highest BCUT2D eigenvalue weighted by Gasteiger charge is 2.22. The highest BCUT2D eigenvalue weighted by molar-refractivity contribution is 7.92. The van der Waals surface area contributed by atoms with E-state index in [1.165, 1.54) is 12.1 Å². The Morgan fingerprint density at radius 1 is 1.07 bits per heavy atom. The van der Waals surface area contributed by atoms with Gasteiger partial charge in [-0.1, -0.05) is 13.8 Å². The lowest BCUT2D eigenvalue weighted by Crippen LogP contribution is -2.23. The van der Waals surface area contributed by atoms with Gasteiger partial charge in [0, 0.05) is 30.8 Å². The molecule has 0 atom stereocenters. The number of carbonyl (C=O) groups excluding carboxylic acids is 1.